The molecule has 0 fully saturated rings. The normalized spacial score (nSPS) is 11.0. The van der Waals surface area contributed by atoms with E-state index in [0.29, 0.717) is 24.5 Å². The van der Waals surface area contributed by atoms with Gasteiger partial charge in [0, 0.05) is 31.8 Å². The first-order valence-corrected chi connectivity index (χ1v) is 7.89. The highest BCUT2D eigenvalue weighted by atomic mass is 16.5. The summed E-state index contributed by atoms with van der Waals surface area (Å²) in [5.41, 5.74) is 0.502. The van der Waals surface area contributed by atoms with Crippen LogP contribution in [0, 0.1) is 6.92 Å². The molecule has 0 amide bonds. The number of aromatic nitrogens is 1. The number of ketones is 1. The number of nitrogens with zero attached hydrogens (tertiary/aromatic N) is 1. The van der Waals surface area contributed by atoms with E-state index in [1.165, 1.54) is 16.7 Å². The molecule has 2 rings (SSSR count). The van der Waals surface area contributed by atoms with Crippen LogP contribution in [0.5, 0.6) is 11.5 Å². The van der Waals surface area contributed by atoms with Crippen molar-refractivity contribution in [3.8, 4) is 11.5 Å². The lowest BCUT2D eigenvalue weighted by molar-refractivity contribution is 0.104. The van der Waals surface area contributed by atoms with Crippen LogP contribution < -0.4 is 10.3 Å². The zero-order valence-electron chi connectivity index (χ0n) is 14.2. The zero-order valence-corrected chi connectivity index (χ0v) is 14.2. The maximum atomic E-state index is 12.3. The average molecular weight is 343 g/mol. The Balaban J connectivity index is 2.20. The van der Waals surface area contributed by atoms with E-state index in [4.69, 9.17) is 9.84 Å². The number of hydrogen-bond acceptors (Lipinski definition) is 5. The molecule has 0 aliphatic rings. The number of hydrogen-bond donors (Lipinski definition) is 2. The molecule has 0 unspecified atom stereocenters. The monoisotopic (exact) mass is 343 g/mol. The van der Waals surface area contributed by atoms with Crippen molar-refractivity contribution < 1.29 is 19.7 Å². The maximum absolute atomic E-state index is 12.3. The molecule has 0 radical (unpaired) electrons. The number of allylic oxidation sites excluding steroid dienone is 1. The van der Waals surface area contributed by atoms with E-state index in [9.17, 15) is 14.7 Å². The number of aliphatic hydroxyl groups excluding tert-OH is 1. The van der Waals surface area contributed by atoms with Crippen molar-refractivity contribution in [2.24, 2.45) is 7.05 Å². The van der Waals surface area contributed by atoms with Gasteiger partial charge in [0.25, 0.3) is 5.56 Å². The number of ether oxygens (including phenoxy) is 1. The van der Waals surface area contributed by atoms with E-state index in [1.807, 2.05) is 0 Å². The molecular weight excluding hydrogens is 322 g/mol. The highest BCUT2D eigenvalue weighted by Gasteiger charge is 2.16. The first kappa shape index (κ1) is 18.5. The van der Waals surface area contributed by atoms with Gasteiger partial charge in [-0.3, -0.25) is 9.59 Å². The summed E-state index contributed by atoms with van der Waals surface area (Å²) in [7, 11) is 1.55. The van der Waals surface area contributed by atoms with Gasteiger partial charge in [-0.2, -0.15) is 0 Å². The van der Waals surface area contributed by atoms with Gasteiger partial charge in [0.1, 0.15) is 17.1 Å². The van der Waals surface area contributed by atoms with Crippen LogP contribution in [0.2, 0.25) is 0 Å². The molecule has 6 heteroatoms. The first-order valence-electron chi connectivity index (χ1n) is 7.89. The van der Waals surface area contributed by atoms with Gasteiger partial charge in [-0.05, 0) is 30.7 Å². The van der Waals surface area contributed by atoms with Gasteiger partial charge in [-0.25, -0.2) is 0 Å². The topological polar surface area (TPSA) is 88.8 Å². The minimum Gasteiger partial charge on any atom is -0.507 e. The van der Waals surface area contributed by atoms with E-state index in [1.54, 1.807) is 44.3 Å². The number of benzene rings is 1. The van der Waals surface area contributed by atoms with Crippen LogP contribution in [0.25, 0.3) is 6.08 Å². The molecule has 0 saturated heterocycles. The lowest BCUT2D eigenvalue weighted by atomic mass is 10.1. The van der Waals surface area contributed by atoms with Crippen LogP contribution in [0.3, 0.4) is 0 Å². The third-order valence-electron chi connectivity index (χ3n) is 3.75. The van der Waals surface area contributed by atoms with Crippen molar-refractivity contribution in [1.82, 2.24) is 4.57 Å². The number of pyridine rings is 1. The Kier molecular flexibility index (Phi) is 6.14. The van der Waals surface area contributed by atoms with Crippen LogP contribution in [0.4, 0.5) is 0 Å². The van der Waals surface area contributed by atoms with Crippen molar-refractivity contribution in [2.75, 3.05) is 13.2 Å². The molecule has 1 heterocycles. The predicted octanol–water partition coefficient (Wildman–Crippen LogP) is 2.06. The Morgan fingerprint density at radius 3 is 2.80 bits per heavy atom. The Hall–Kier alpha value is -2.86. The number of aryl methyl sites for hydroxylation is 1. The minimum absolute atomic E-state index is 0.0586. The summed E-state index contributed by atoms with van der Waals surface area (Å²) in [4.78, 5) is 24.5. The largest absolute Gasteiger partial charge is 0.507 e. The summed E-state index contributed by atoms with van der Waals surface area (Å²) >= 11 is 0. The van der Waals surface area contributed by atoms with Crippen molar-refractivity contribution in [3.05, 3.63) is 63.6 Å². The van der Waals surface area contributed by atoms with Crippen molar-refractivity contribution in [3.63, 3.8) is 0 Å². The van der Waals surface area contributed by atoms with Crippen LogP contribution in [-0.2, 0) is 7.05 Å². The molecule has 132 valence electrons. The van der Waals surface area contributed by atoms with E-state index in [0.717, 1.165) is 5.56 Å². The average Bonchev–Trinajstić information content (AvgIpc) is 2.59. The third kappa shape index (κ3) is 4.58. The molecule has 2 N–H and O–H groups in total. The molecule has 0 aliphatic heterocycles. The van der Waals surface area contributed by atoms with Gasteiger partial charge in [0.15, 0.2) is 5.78 Å². The van der Waals surface area contributed by atoms with E-state index >= 15 is 0 Å². The molecule has 1 aromatic carbocycles. The fraction of sp³-hybridized carbons (Fsp3) is 0.263. The van der Waals surface area contributed by atoms with Crippen molar-refractivity contribution >= 4 is 11.9 Å². The summed E-state index contributed by atoms with van der Waals surface area (Å²) < 4.78 is 6.79. The van der Waals surface area contributed by atoms with Gasteiger partial charge in [-0.15, -0.1) is 0 Å². The molecule has 6 nitrogen and oxygen atoms in total. The Morgan fingerprint density at radius 2 is 2.08 bits per heavy atom. The second kappa shape index (κ2) is 8.30. The van der Waals surface area contributed by atoms with Crippen LogP contribution in [0.15, 0.2) is 41.2 Å². The molecule has 0 saturated carbocycles. The summed E-state index contributed by atoms with van der Waals surface area (Å²) in [6.07, 6.45) is 3.34. The van der Waals surface area contributed by atoms with Crippen LogP contribution >= 0.6 is 0 Å². The quantitative estimate of drug-likeness (QED) is 0.456. The van der Waals surface area contributed by atoms with E-state index in [2.05, 4.69) is 0 Å². The van der Waals surface area contributed by atoms with Crippen molar-refractivity contribution in [2.45, 2.75) is 13.3 Å². The smallest absolute Gasteiger partial charge is 0.265 e. The Bertz CT molecular complexity index is 851. The lowest BCUT2D eigenvalue weighted by Gasteiger charge is -2.07. The maximum Gasteiger partial charge on any atom is 0.265 e. The molecule has 0 aliphatic carbocycles. The van der Waals surface area contributed by atoms with Gasteiger partial charge < -0.3 is 19.5 Å². The van der Waals surface area contributed by atoms with E-state index in [-0.39, 0.29) is 17.9 Å². The predicted molar refractivity (Wildman–Crippen MR) is 95.1 cm³/mol. The number of rotatable bonds is 7. The highest BCUT2D eigenvalue weighted by molar-refractivity contribution is 6.08. The molecule has 2 aromatic rings. The molecule has 0 atom stereocenters. The molecule has 0 spiro atoms. The summed E-state index contributed by atoms with van der Waals surface area (Å²) in [6.45, 7) is 2.13. The number of aromatic hydroxyl groups is 1. The molecule has 1 aromatic heterocycles. The van der Waals surface area contributed by atoms with Gasteiger partial charge in [-0.1, -0.05) is 18.2 Å². The second-order valence-electron chi connectivity index (χ2n) is 5.61. The summed E-state index contributed by atoms with van der Waals surface area (Å²) in [6, 6.07) is 8.47. The van der Waals surface area contributed by atoms with E-state index < -0.39 is 11.3 Å². The fourth-order valence-electron chi connectivity index (χ4n) is 2.25. The van der Waals surface area contributed by atoms with Crippen LogP contribution in [-0.4, -0.2) is 33.8 Å². The standard InChI is InChI=1S/C19H21NO5/c1-13-11-17(23)18(19(24)20(13)2)16(22)8-7-14-5-3-6-15(12-14)25-10-4-9-21/h3,5-8,11-12,21,23H,4,9-10H2,1-2H3. The molecule has 0 bridgehead atoms. The third-order valence-corrected chi connectivity index (χ3v) is 3.75. The molecule has 25 heavy (non-hydrogen) atoms. The van der Waals surface area contributed by atoms with Crippen LogP contribution in [0.1, 0.15) is 28.0 Å². The van der Waals surface area contributed by atoms with Crippen molar-refractivity contribution in [1.29, 1.82) is 0 Å². The van der Waals surface area contributed by atoms with Gasteiger partial charge in [0.05, 0.1) is 6.61 Å². The SMILES string of the molecule is Cc1cc(O)c(C(=O)C=Cc2cccc(OCCCO)c2)c(=O)n1C. The highest BCUT2D eigenvalue weighted by Crippen LogP contribution is 2.17. The Morgan fingerprint density at radius 1 is 1.32 bits per heavy atom. The first-order chi connectivity index (χ1) is 11.9. The number of aliphatic hydroxyl groups is 1. The van der Waals surface area contributed by atoms with Gasteiger partial charge >= 0.3 is 0 Å². The fourth-order valence-corrected chi connectivity index (χ4v) is 2.25. The summed E-state index contributed by atoms with van der Waals surface area (Å²) in [5, 5.41) is 18.7. The lowest BCUT2D eigenvalue weighted by Crippen LogP contribution is -2.25. The van der Waals surface area contributed by atoms with Gasteiger partial charge in [0.2, 0.25) is 0 Å². The summed E-state index contributed by atoms with van der Waals surface area (Å²) in [5.74, 6) is -0.266. The zero-order chi connectivity index (χ0) is 18.4. The number of carbonyl (C=O) groups is 1. The minimum atomic E-state index is -0.565. The number of carbonyl (C=O) groups excluding carboxylic acids is 1. The molecular formula is C19H21NO5. The Labute approximate surface area is 145 Å². The second-order valence-corrected chi connectivity index (χ2v) is 5.61.